The summed E-state index contributed by atoms with van der Waals surface area (Å²) >= 11 is 0. The number of aromatic nitrogens is 1. The molecule has 0 aromatic carbocycles. The maximum absolute atomic E-state index is 12.2. The molecule has 0 bridgehead atoms. The maximum atomic E-state index is 12.2. The minimum atomic E-state index is -3.41. The molecule has 1 N–H and O–H groups in total. The van der Waals surface area contributed by atoms with Gasteiger partial charge in [-0.3, -0.25) is 0 Å². The Labute approximate surface area is 116 Å². The average molecular weight is 285 g/mol. The van der Waals surface area contributed by atoms with Crippen molar-refractivity contribution in [3.05, 3.63) is 18.3 Å². The molecule has 0 fully saturated rings. The fraction of sp³-hybridized carbons (Fsp3) is 0.615. The van der Waals surface area contributed by atoms with E-state index in [2.05, 4.69) is 17.2 Å². The largest absolute Gasteiger partial charge is 0.370 e. The van der Waals surface area contributed by atoms with Crippen LogP contribution in [0.1, 0.15) is 33.1 Å². The summed E-state index contributed by atoms with van der Waals surface area (Å²) in [5.74, 6) is 0.706. The third-order valence-corrected chi connectivity index (χ3v) is 4.67. The first-order valence-electron chi connectivity index (χ1n) is 6.68. The lowest BCUT2D eigenvalue weighted by Gasteiger charge is -2.16. The predicted octanol–water partition coefficient (Wildman–Crippen LogP) is 2.32. The number of nitrogens with one attached hydrogen (secondary N) is 1. The van der Waals surface area contributed by atoms with Crippen LogP contribution in [-0.4, -0.2) is 37.8 Å². The highest BCUT2D eigenvalue weighted by Crippen LogP contribution is 2.15. The van der Waals surface area contributed by atoms with Crippen molar-refractivity contribution >= 4 is 15.8 Å². The second-order valence-corrected chi connectivity index (χ2v) is 6.53. The minimum Gasteiger partial charge on any atom is -0.370 e. The highest BCUT2D eigenvalue weighted by Gasteiger charge is 2.20. The Hall–Kier alpha value is -1.14. The van der Waals surface area contributed by atoms with E-state index in [4.69, 9.17) is 0 Å². The Bertz CT molecular complexity index is 471. The summed E-state index contributed by atoms with van der Waals surface area (Å²) in [7, 11) is -1.80. The molecule has 0 saturated carbocycles. The van der Waals surface area contributed by atoms with E-state index in [1.165, 1.54) is 10.5 Å². The van der Waals surface area contributed by atoms with Gasteiger partial charge in [-0.15, -0.1) is 0 Å². The molecule has 0 saturated heterocycles. The van der Waals surface area contributed by atoms with Gasteiger partial charge in [0.1, 0.15) is 10.7 Å². The van der Waals surface area contributed by atoms with Crippen LogP contribution in [0.4, 0.5) is 5.82 Å². The van der Waals surface area contributed by atoms with Crippen LogP contribution in [0.3, 0.4) is 0 Å². The fourth-order valence-electron chi connectivity index (χ4n) is 1.57. The predicted molar refractivity (Wildman–Crippen MR) is 77.7 cm³/mol. The SMILES string of the molecule is CCCCN(C)S(=O)(=O)c1ccc(NCCC)nc1. The molecule has 0 aliphatic heterocycles. The zero-order chi connectivity index (χ0) is 14.3. The van der Waals surface area contributed by atoms with E-state index in [0.717, 1.165) is 25.8 Å². The van der Waals surface area contributed by atoms with Crippen LogP contribution in [0.25, 0.3) is 0 Å². The zero-order valence-corrected chi connectivity index (χ0v) is 12.7. The molecule has 5 nitrogen and oxygen atoms in total. The molecule has 0 atom stereocenters. The van der Waals surface area contributed by atoms with Gasteiger partial charge < -0.3 is 5.32 Å². The first-order valence-corrected chi connectivity index (χ1v) is 8.12. The lowest BCUT2D eigenvalue weighted by atomic mass is 10.3. The summed E-state index contributed by atoms with van der Waals surface area (Å²) in [6.45, 7) is 5.47. The van der Waals surface area contributed by atoms with Gasteiger partial charge in [-0.25, -0.2) is 17.7 Å². The van der Waals surface area contributed by atoms with Crippen LogP contribution in [0.2, 0.25) is 0 Å². The second-order valence-electron chi connectivity index (χ2n) is 4.49. The molecule has 108 valence electrons. The van der Waals surface area contributed by atoms with Crippen molar-refractivity contribution in [2.24, 2.45) is 0 Å². The van der Waals surface area contributed by atoms with E-state index in [1.54, 1.807) is 19.2 Å². The molecule has 0 aliphatic rings. The van der Waals surface area contributed by atoms with Gasteiger partial charge in [-0.1, -0.05) is 20.3 Å². The minimum absolute atomic E-state index is 0.244. The van der Waals surface area contributed by atoms with Gasteiger partial charge in [0.25, 0.3) is 0 Å². The first-order chi connectivity index (χ1) is 9.02. The molecular weight excluding hydrogens is 262 g/mol. The lowest BCUT2D eigenvalue weighted by Crippen LogP contribution is -2.28. The van der Waals surface area contributed by atoms with Crippen molar-refractivity contribution in [1.82, 2.24) is 9.29 Å². The van der Waals surface area contributed by atoms with Crippen molar-refractivity contribution in [2.45, 2.75) is 38.0 Å². The van der Waals surface area contributed by atoms with Crippen molar-refractivity contribution in [2.75, 3.05) is 25.5 Å². The van der Waals surface area contributed by atoms with E-state index in [1.807, 2.05) is 6.92 Å². The van der Waals surface area contributed by atoms with Gasteiger partial charge in [0.2, 0.25) is 10.0 Å². The highest BCUT2D eigenvalue weighted by atomic mass is 32.2. The topological polar surface area (TPSA) is 62.3 Å². The molecule has 1 rings (SSSR count). The number of hydrogen-bond donors (Lipinski definition) is 1. The number of anilines is 1. The Morgan fingerprint density at radius 3 is 2.53 bits per heavy atom. The Morgan fingerprint density at radius 2 is 2.00 bits per heavy atom. The van der Waals surface area contributed by atoms with E-state index in [-0.39, 0.29) is 4.90 Å². The van der Waals surface area contributed by atoms with Crippen molar-refractivity contribution in [3.63, 3.8) is 0 Å². The number of nitrogens with zero attached hydrogens (tertiary/aromatic N) is 2. The Morgan fingerprint density at radius 1 is 1.26 bits per heavy atom. The summed E-state index contributed by atoms with van der Waals surface area (Å²) in [6, 6.07) is 3.30. The molecule has 0 unspecified atom stereocenters. The van der Waals surface area contributed by atoms with Crippen molar-refractivity contribution in [3.8, 4) is 0 Å². The molecule has 19 heavy (non-hydrogen) atoms. The Kier molecular flexibility index (Phi) is 6.24. The molecule has 0 aliphatic carbocycles. The number of hydrogen-bond acceptors (Lipinski definition) is 4. The van der Waals surface area contributed by atoms with Gasteiger partial charge in [-0.2, -0.15) is 0 Å². The van der Waals surface area contributed by atoms with Crippen LogP contribution in [0.15, 0.2) is 23.2 Å². The third kappa shape index (κ3) is 4.47. The summed E-state index contributed by atoms with van der Waals surface area (Å²) in [4.78, 5) is 4.37. The molecule has 0 spiro atoms. The van der Waals surface area contributed by atoms with Crippen LogP contribution in [-0.2, 0) is 10.0 Å². The van der Waals surface area contributed by atoms with Gasteiger partial charge in [0, 0.05) is 26.3 Å². The molecule has 1 heterocycles. The van der Waals surface area contributed by atoms with Crippen LogP contribution >= 0.6 is 0 Å². The van der Waals surface area contributed by atoms with E-state index in [0.29, 0.717) is 12.4 Å². The number of sulfonamides is 1. The monoisotopic (exact) mass is 285 g/mol. The van der Waals surface area contributed by atoms with Crippen molar-refractivity contribution < 1.29 is 8.42 Å². The van der Waals surface area contributed by atoms with Gasteiger partial charge in [0.05, 0.1) is 0 Å². The van der Waals surface area contributed by atoms with Gasteiger partial charge in [-0.05, 0) is 25.0 Å². The second kappa shape index (κ2) is 7.45. The fourth-order valence-corrected chi connectivity index (χ4v) is 2.73. The van der Waals surface area contributed by atoms with E-state index >= 15 is 0 Å². The smallest absolute Gasteiger partial charge is 0.244 e. The third-order valence-electron chi connectivity index (χ3n) is 2.83. The standard InChI is InChI=1S/C13H23N3O2S/c1-4-6-10-16(3)19(17,18)12-7-8-13(15-11-12)14-9-5-2/h7-8,11H,4-6,9-10H2,1-3H3,(H,14,15). The molecule has 0 amide bonds. The summed E-state index contributed by atoms with van der Waals surface area (Å²) < 4.78 is 25.8. The highest BCUT2D eigenvalue weighted by molar-refractivity contribution is 7.89. The average Bonchev–Trinajstić information content (AvgIpc) is 2.42. The van der Waals surface area contributed by atoms with E-state index in [9.17, 15) is 8.42 Å². The van der Waals surface area contributed by atoms with Crippen molar-refractivity contribution in [1.29, 1.82) is 0 Å². The summed E-state index contributed by atoms with van der Waals surface area (Å²) in [5.41, 5.74) is 0. The quantitative estimate of drug-likeness (QED) is 0.796. The van der Waals surface area contributed by atoms with E-state index < -0.39 is 10.0 Å². The number of rotatable bonds is 8. The summed E-state index contributed by atoms with van der Waals surface area (Å²) in [6.07, 6.45) is 4.24. The molecule has 6 heteroatoms. The maximum Gasteiger partial charge on any atom is 0.244 e. The zero-order valence-electron chi connectivity index (χ0n) is 11.9. The molecular formula is C13H23N3O2S. The molecule has 1 aromatic rings. The number of unbranched alkanes of at least 4 members (excludes halogenated alkanes) is 1. The normalized spacial score (nSPS) is 11.8. The number of pyridine rings is 1. The van der Waals surface area contributed by atoms with Crippen LogP contribution in [0.5, 0.6) is 0 Å². The first kappa shape index (κ1) is 15.9. The molecule has 1 aromatic heterocycles. The van der Waals surface area contributed by atoms with Gasteiger partial charge in [0.15, 0.2) is 0 Å². The van der Waals surface area contributed by atoms with Gasteiger partial charge >= 0.3 is 0 Å². The summed E-state index contributed by atoms with van der Waals surface area (Å²) in [5, 5.41) is 3.12. The molecule has 0 radical (unpaired) electrons. The Balaban J connectivity index is 2.78. The lowest BCUT2D eigenvalue weighted by molar-refractivity contribution is 0.459. The van der Waals surface area contributed by atoms with Crippen LogP contribution in [0, 0.1) is 0 Å². The van der Waals surface area contributed by atoms with Crippen LogP contribution < -0.4 is 5.32 Å².